The fraction of sp³-hybridized carbons (Fsp3) is 0.545. The summed E-state index contributed by atoms with van der Waals surface area (Å²) in [6.45, 7) is 2.17. The fourth-order valence-electron chi connectivity index (χ4n) is 2.21. The molecule has 0 aromatic carbocycles. The first-order valence-electron chi connectivity index (χ1n) is 5.54. The van der Waals surface area contributed by atoms with E-state index in [1.54, 1.807) is 12.1 Å². The molecule has 0 amide bonds. The highest BCUT2D eigenvalue weighted by Gasteiger charge is 2.25. The largest absolute Gasteiger partial charge is 0.386 e. The predicted octanol–water partition coefficient (Wildman–Crippen LogP) is 2.59. The van der Waals surface area contributed by atoms with Gasteiger partial charge in [0.05, 0.1) is 0 Å². The van der Waals surface area contributed by atoms with E-state index in [0.717, 1.165) is 6.42 Å². The van der Waals surface area contributed by atoms with E-state index < -0.39 is 4.92 Å². The first-order valence-corrected chi connectivity index (χ1v) is 5.54. The third-order valence-electron chi connectivity index (χ3n) is 3.16. The molecule has 1 aromatic rings. The Morgan fingerprint density at radius 2 is 2.38 bits per heavy atom. The summed E-state index contributed by atoms with van der Waals surface area (Å²) in [5.41, 5.74) is 0.534. The summed E-state index contributed by atoms with van der Waals surface area (Å²) in [4.78, 5) is 14.1. The zero-order valence-corrected chi connectivity index (χ0v) is 9.22. The number of hydrogen-bond acceptors (Lipinski definition) is 4. The maximum Gasteiger partial charge on any atom is 0.386 e. The molecule has 1 saturated carbocycles. The van der Waals surface area contributed by atoms with Gasteiger partial charge in [0.2, 0.25) is 0 Å². The van der Waals surface area contributed by atoms with Crippen LogP contribution in [0.3, 0.4) is 0 Å². The van der Waals surface area contributed by atoms with E-state index in [2.05, 4.69) is 17.2 Å². The molecule has 0 aliphatic heterocycles. The molecule has 2 atom stereocenters. The van der Waals surface area contributed by atoms with E-state index in [0.29, 0.717) is 17.6 Å². The zero-order valence-electron chi connectivity index (χ0n) is 9.22. The minimum Gasteiger partial charge on any atom is -0.375 e. The lowest BCUT2D eigenvalue weighted by atomic mass is 10.1. The molecule has 1 aliphatic rings. The van der Waals surface area contributed by atoms with Crippen LogP contribution in [0.15, 0.2) is 18.3 Å². The van der Waals surface area contributed by atoms with Gasteiger partial charge in [-0.05, 0) is 40.8 Å². The molecule has 1 heterocycles. The van der Waals surface area contributed by atoms with Gasteiger partial charge < -0.3 is 15.4 Å². The Hall–Kier alpha value is -1.65. The monoisotopic (exact) mass is 221 g/mol. The molecule has 2 rings (SSSR count). The maximum absolute atomic E-state index is 10.8. The number of rotatable bonds is 3. The molecule has 0 spiro atoms. The van der Waals surface area contributed by atoms with Gasteiger partial charge in [0.15, 0.2) is 0 Å². The zero-order chi connectivity index (χ0) is 11.5. The molecule has 5 nitrogen and oxygen atoms in total. The van der Waals surface area contributed by atoms with Crippen LogP contribution in [0.1, 0.15) is 26.2 Å². The number of hydrogen-bond donors (Lipinski definition) is 1. The lowest BCUT2D eigenvalue weighted by Gasteiger charge is -2.17. The van der Waals surface area contributed by atoms with Crippen LogP contribution in [-0.2, 0) is 0 Å². The van der Waals surface area contributed by atoms with Gasteiger partial charge in [-0.1, -0.05) is 13.3 Å². The van der Waals surface area contributed by atoms with Crippen molar-refractivity contribution in [1.29, 1.82) is 0 Å². The molecule has 2 unspecified atom stereocenters. The summed E-state index contributed by atoms with van der Waals surface area (Å²) in [6.07, 6.45) is 4.90. The summed E-state index contributed by atoms with van der Waals surface area (Å²) < 4.78 is 0. The summed E-state index contributed by atoms with van der Waals surface area (Å²) in [5, 5.41) is 14.0. The molecule has 86 valence electrons. The quantitative estimate of drug-likeness (QED) is 0.629. The van der Waals surface area contributed by atoms with Crippen molar-refractivity contribution in [2.75, 3.05) is 5.32 Å². The summed E-state index contributed by atoms with van der Waals surface area (Å²) >= 11 is 0. The summed E-state index contributed by atoms with van der Waals surface area (Å²) in [5.74, 6) is 0.487. The van der Waals surface area contributed by atoms with E-state index in [-0.39, 0.29) is 5.82 Å². The van der Waals surface area contributed by atoms with E-state index in [9.17, 15) is 10.1 Å². The second-order valence-corrected chi connectivity index (χ2v) is 4.29. The van der Waals surface area contributed by atoms with E-state index in [1.807, 2.05) is 0 Å². The van der Waals surface area contributed by atoms with Crippen LogP contribution in [0.5, 0.6) is 0 Å². The standard InChI is InChI=1S/C11H15N3O2/c1-8-4-2-5-9(8)13-10-6-3-7-12-11(10)14(15)16/h3,6-9,13H,2,4-5H2,1H3. The third kappa shape index (κ3) is 2.13. The number of anilines is 1. The van der Waals surface area contributed by atoms with Gasteiger partial charge in [-0.3, -0.25) is 0 Å². The topological polar surface area (TPSA) is 68.1 Å². The fourth-order valence-corrected chi connectivity index (χ4v) is 2.21. The van der Waals surface area contributed by atoms with Crippen molar-refractivity contribution in [3.63, 3.8) is 0 Å². The summed E-state index contributed by atoms with van der Waals surface area (Å²) in [6, 6.07) is 3.77. The lowest BCUT2D eigenvalue weighted by Crippen LogP contribution is -2.22. The smallest absolute Gasteiger partial charge is 0.375 e. The minimum absolute atomic E-state index is 0.0819. The number of nitro groups is 1. The van der Waals surface area contributed by atoms with Gasteiger partial charge >= 0.3 is 5.82 Å². The van der Waals surface area contributed by atoms with Crippen molar-refractivity contribution in [3.8, 4) is 0 Å². The van der Waals surface area contributed by atoms with Crippen molar-refractivity contribution in [1.82, 2.24) is 4.98 Å². The lowest BCUT2D eigenvalue weighted by molar-refractivity contribution is -0.388. The number of nitrogens with zero attached hydrogens (tertiary/aromatic N) is 2. The minimum atomic E-state index is -0.443. The molecule has 0 saturated heterocycles. The molecule has 1 aliphatic carbocycles. The van der Waals surface area contributed by atoms with Crippen molar-refractivity contribution in [2.24, 2.45) is 5.92 Å². The van der Waals surface area contributed by atoms with Crippen LogP contribution in [0.4, 0.5) is 11.5 Å². The highest BCUT2D eigenvalue weighted by molar-refractivity contribution is 5.57. The van der Waals surface area contributed by atoms with Gasteiger partial charge in [-0.15, -0.1) is 0 Å². The second-order valence-electron chi connectivity index (χ2n) is 4.29. The Morgan fingerprint density at radius 1 is 1.56 bits per heavy atom. The van der Waals surface area contributed by atoms with Gasteiger partial charge in [0, 0.05) is 6.04 Å². The molecule has 5 heteroatoms. The van der Waals surface area contributed by atoms with Crippen LogP contribution in [-0.4, -0.2) is 15.9 Å². The second kappa shape index (κ2) is 4.47. The molecule has 0 bridgehead atoms. The van der Waals surface area contributed by atoms with Gasteiger partial charge in [0.1, 0.15) is 11.9 Å². The van der Waals surface area contributed by atoms with Crippen LogP contribution < -0.4 is 5.32 Å². The molecular weight excluding hydrogens is 206 g/mol. The predicted molar refractivity (Wildman–Crippen MR) is 61.3 cm³/mol. The van der Waals surface area contributed by atoms with E-state index in [1.165, 1.54) is 19.0 Å². The van der Waals surface area contributed by atoms with Crippen LogP contribution >= 0.6 is 0 Å². The van der Waals surface area contributed by atoms with Crippen LogP contribution in [0, 0.1) is 16.0 Å². The Morgan fingerprint density at radius 3 is 3.00 bits per heavy atom. The van der Waals surface area contributed by atoms with Crippen molar-refractivity contribution in [3.05, 3.63) is 28.4 Å². The normalized spacial score (nSPS) is 24.3. The van der Waals surface area contributed by atoms with Gasteiger partial charge in [0.25, 0.3) is 0 Å². The maximum atomic E-state index is 10.8. The Bertz CT molecular complexity index is 395. The number of pyridine rings is 1. The molecule has 16 heavy (non-hydrogen) atoms. The van der Waals surface area contributed by atoms with E-state index >= 15 is 0 Å². The molecule has 1 aromatic heterocycles. The highest BCUT2D eigenvalue weighted by Crippen LogP contribution is 2.30. The average Bonchev–Trinajstić information content (AvgIpc) is 2.65. The Labute approximate surface area is 94.0 Å². The number of nitrogens with one attached hydrogen (secondary N) is 1. The molecule has 1 fully saturated rings. The van der Waals surface area contributed by atoms with Crippen LogP contribution in [0.25, 0.3) is 0 Å². The Kier molecular flexibility index (Phi) is 3.03. The van der Waals surface area contributed by atoms with Gasteiger partial charge in [-0.25, -0.2) is 0 Å². The first-order chi connectivity index (χ1) is 7.68. The van der Waals surface area contributed by atoms with Crippen LogP contribution in [0.2, 0.25) is 0 Å². The van der Waals surface area contributed by atoms with Gasteiger partial charge in [-0.2, -0.15) is 0 Å². The van der Waals surface area contributed by atoms with Crippen molar-refractivity contribution in [2.45, 2.75) is 32.2 Å². The van der Waals surface area contributed by atoms with E-state index in [4.69, 9.17) is 0 Å². The highest BCUT2D eigenvalue weighted by atomic mass is 16.6. The molecule has 0 radical (unpaired) electrons. The Balaban J connectivity index is 2.17. The first kappa shape index (κ1) is 10.9. The number of aromatic nitrogens is 1. The average molecular weight is 221 g/mol. The molecular formula is C11H15N3O2. The van der Waals surface area contributed by atoms with Crippen molar-refractivity contribution < 1.29 is 4.92 Å². The van der Waals surface area contributed by atoms with Crippen molar-refractivity contribution >= 4 is 11.5 Å². The summed E-state index contributed by atoms with van der Waals surface area (Å²) in [7, 11) is 0. The SMILES string of the molecule is CC1CCCC1Nc1cccnc1[N+](=O)[O-]. The molecule has 1 N–H and O–H groups in total. The third-order valence-corrected chi connectivity index (χ3v) is 3.16.